The van der Waals surface area contributed by atoms with Crippen LogP contribution in [0, 0.1) is 12.7 Å². The van der Waals surface area contributed by atoms with Gasteiger partial charge in [-0.1, -0.05) is 13.0 Å². The second-order valence-electron chi connectivity index (χ2n) is 10.3. The lowest BCUT2D eigenvalue weighted by Gasteiger charge is -2.26. The van der Waals surface area contributed by atoms with Crippen LogP contribution < -0.4 is 16.4 Å². The molecule has 1 aliphatic rings. The molecule has 38 heavy (non-hydrogen) atoms. The lowest BCUT2D eigenvalue weighted by atomic mass is 9.92. The van der Waals surface area contributed by atoms with Gasteiger partial charge in [-0.05, 0) is 80.0 Å². The smallest absolute Gasteiger partial charge is 0.229 e. The first-order valence-electron chi connectivity index (χ1n) is 13.2. The molecule has 4 N–H and O–H groups in total. The highest BCUT2D eigenvalue weighted by Crippen LogP contribution is 2.29. The number of carbonyl (C=O) groups is 1. The summed E-state index contributed by atoms with van der Waals surface area (Å²) >= 11 is 0. The highest BCUT2D eigenvalue weighted by atomic mass is 19.1. The first-order valence-corrected chi connectivity index (χ1v) is 13.2. The van der Waals surface area contributed by atoms with Gasteiger partial charge in [0, 0.05) is 42.3 Å². The summed E-state index contributed by atoms with van der Waals surface area (Å²) in [6.45, 7) is 3.91. The van der Waals surface area contributed by atoms with E-state index in [1.54, 1.807) is 11.6 Å². The molecule has 198 valence electrons. The van der Waals surface area contributed by atoms with E-state index in [9.17, 15) is 9.18 Å². The Labute approximate surface area is 221 Å². The molecule has 0 radical (unpaired) electrons. The Bertz CT molecular complexity index is 1450. The minimum Gasteiger partial charge on any atom is -0.351 e. The Hall–Kier alpha value is -3.85. The standard InChI is InChI=1S/C29H34FN7O/c1-4-19-13-20(14-21-16-32-29(35-28(19)21)33-24-7-5-23(31)6-8-24)25-15-26(36-37(25)3)34-27(38)12-18-9-17(2)10-22(30)11-18/h9-11,13-16,23-24H,4-8,12,31H2,1-3H3,(H,32,33,35)(H,34,36,38)/t23-,24-. The van der Waals surface area contributed by atoms with Gasteiger partial charge in [-0.2, -0.15) is 5.10 Å². The molecule has 2 aromatic heterocycles. The molecule has 1 amide bonds. The largest absolute Gasteiger partial charge is 0.351 e. The van der Waals surface area contributed by atoms with Crippen molar-refractivity contribution in [2.45, 2.75) is 64.5 Å². The number of anilines is 2. The molecule has 4 aromatic rings. The van der Waals surface area contributed by atoms with Crippen LogP contribution in [-0.2, 0) is 24.7 Å². The van der Waals surface area contributed by atoms with Gasteiger partial charge >= 0.3 is 0 Å². The fourth-order valence-corrected chi connectivity index (χ4v) is 5.24. The van der Waals surface area contributed by atoms with Crippen LogP contribution in [0.5, 0.6) is 0 Å². The molecule has 1 saturated carbocycles. The Morgan fingerprint density at radius 1 is 1.13 bits per heavy atom. The molecule has 0 saturated heterocycles. The van der Waals surface area contributed by atoms with Crippen LogP contribution in [0.25, 0.3) is 22.2 Å². The van der Waals surface area contributed by atoms with Crippen molar-refractivity contribution in [3.05, 3.63) is 65.1 Å². The van der Waals surface area contributed by atoms with E-state index in [0.29, 0.717) is 29.4 Å². The Morgan fingerprint density at radius 2 is 1.92 bits per heavy atom. The van der Waals surface area contributed by atoms with Crippen LogP contribution >= 0.6 is 0 Å². The lowest BCUT2D eigenvalue weighted by Crippen LogP contribution is -2.33. The number of hydrogen-bond acceptors (Lipinski definition) is 6. The van der Waals surface area contributed by atoms with Crippen molar-refractivity contribution >= 4 is 28.6 Å². The van der Waals surface area contributed by atoms with Crippen LogP contribution in [0.3, 0.4) is 0 Å². The number of carbonyl (C=O) groups excluding carboxylic acids is 1. The van der Waals surface area contributed by atoms with Crippen LogP contribution in [0.2, 0.25) is 0 Å². The summed E-state index contributed by atoms with van der Waals surface area (Å²) in [5.41, 5.74) is 11.3. The Morgan fingerprint density at radius 3 is 2.66 bits per heavy atom. The summed E-state index contributed by atoms with van der Waals surface area (Å²) in [5.74, 6) is 0.503. The molecule has 1 aliphatic carbocycles. The predicted octanol–water partition coefficient (Wildman–Crippen LogP) is 4.90. The zero-order valence-corrected chi connectivity index (χ0v) is 22.1. The zero-order chi connectivity index (χ0) is 26.8. The summed E-state index contributed by atoms with van der Waals surface area (Å²) in [6, 6.07) is 11.3. The highest BCUT2D eigenvalue weighted by molar-refractivity contribution is 5.92. The van der Waals surface area contributed by atoms with Gasteiger partial charge in [-0.25, -0.2) is 14.4 Å². The topological polar surface area (TPSA) is 111 Å². The SMILES string of the molecule is CCc1cc(-c2cc(NC(=O)Cc3cc(C)cc(F)c3)nn2C)cc2cnc(N[C@H]3CC[C@H](N)CC3)nc12. The van der Waals surface area contributed by atoms with Gasteiger partial charge in [-0.15, -0.1) is 0 Å². The number of benzene rings is 2. The number of rotatable bonds is 7. The second kappa shape index (κ2) is 10.9. The van der Waals surface area contributed by atoms with E-state index in [1.807, 2.05) is 25.4 Å². The minimum absolute atomic E-state index is 0.0713. The van der Waals surface area contributed by atoms with Gasteiger partial charge in [0.2, 0.25) is 11.9 Å². The van der Waals surface area contributed by atoms with E-state index >= 15 is 0 Å². The number of nitrogens with one attached hydrogen (secondary N) is 2. The van der Waals surface area contributed by atoms with E-state index < -0.39 is 0 Å². The normalized spacial score (nSPS) is 17.5. The maximum atomic E-state index is 13.7. The van der Waals surface area contributed by atoms with Gasteiger partial charge in [0.15, 0.2) is 5.82 Å². The van der Waals surface area contributed by atoms with Crippen LogP contribution in [0.4, 0.5) is 16.2 Å². The van der Waals surface area contributed by atoms with Crippen LogP contribution in [-0.4, -0.2) is 37.7 Å². The summed E-state index contributed by atoms with van der Waals surface area (Å²) in [5, 5.41) is 11.8. The number of nitrogens with zero attached hydrogens (tertiary/aromatic N) is 4. The maximum Gasteiger partial charge on any atom is 0.229 e. The molecule has 0 spiro atoms. The number of fused-ring (bicyclic) bond motifs is 1. The first kappa shape index (κ1) is 25.8. The van der Waals surface area contributed by atoms with Crippen molar-refractivity contribution in [2.75, 3.05) is 10.6 Å². The van der Waals surface area contributed by atoms with Gasteiger partial charge in [0.1, 0.15) is 5.82 Å². The molecule has 0 unspecified atom stereocenters. The molecule has 2 aromatic carbocycles. The maximum absolute atomic E-state index is 13.7. The number of nitrogens with two attached hydrogens (primary N) is 1. The number of aromatic nitrogens is 4. The monoisotopic (exact) mass is 515 g/mol. The quantitative estimate of drug-likeness (QED) is 0.323. The number of halogens is 1. The molecular weight excluding hydrogens is 481 g/mol. The summed E-state index contributed by atoms with van der Waals surface area (Å²) in [7, 11) is 1.84. The molecule has 0 bridgehead atoms. The third kappa shape index (κ3) is 5.83. The van der Waals surface area contributed by atoms with Gasteiger partial charge in [-0.3, -0.25) is 9.48 Å². The molecule has 9 heteroatoms. The minimum atomic E-state index is -0.346. The van der Waals surface area contributed by atoms with Crippen molar-refractivity contribution < 1.29 is 9.18 Å². The fourth-order valence-electron chi connectivity index (χ4n) is 5.24. The van der Waals surface area contributed by atoms with Gasteiger partial charge in [0.25, 0.3) is 0 Å². The number of aryl methyl sites for hydroxylation is 3. The Balaban J connectivity index is 1.35. The van der Waals surface area contributed by atoms with Gasteiger partial charge < -0.3 is 16.4 Å². The zero-order valence-electron chi connectivity index (χ0n) is 22.1. The Kier molecular flexibility index (Phi) is 7.37. The third-order valence-corrected chi connectivity index (χ3v) is 7.16. The van der Waals surface area contributed by atoms with Crippen molar-refractivity contribution in [3.8, 4) is 11.3 Å². The first-order chi connectivity index (χ1) is 18.3. The van der Waals surface area contributed by atoms with E-state index in [-0.39, 0.29) is 18.1 Å². The molecule has 0 aliphatic heterocycles. The number of hydrogen-bond donors (Lipinski definition) is 3. The molecule has 8 nitrogen and oxygen atoms in total. The fraction of sp³-hybridized carbons (Fsp3) is 0.379. The van der Waals surface area contributed by atoms with E-state index in [1.165, 1.54) is 12.1 Å². The highest BCUT2D eigenvalue weighted by Gasteiger charge is 2.20. The van der Waals surface area contributed by atoms with Crippen molar-refractivity contribution in [3.63, 3.8) is 0 Å². The number of amides is 1. The molecule has 1 fully saturated rings. The van der Waals surface area contributed by atoms with E-state index in [0.717, 1.165) is 65.4 Å². The van der Waals surface area contributed by atoms with Crippen LogP contribution in [0.15, 0.2) is 42.6 Å². The third-order valence-electron chi connectivity index (χ3n) is 7.16. The predicted molar refractivity (Wildman–Crippen MR) is 148 cm³/mol. The molecule has 0 atom stereocenters. The molecule has 5 rings (SSSR count). The average molecular weight is 516 g/mol. The van der Waals surface area contributed by atoms with Crippen molar-refractivity contribution in [1.29, 1.82) is 0 Å². The van der Waals surface area contributed by atoms with E-state index in [2.05, 4.69) is 39.8 Å². The van der Waals surface area contributed by atoms with E-state index in [4.69, 9.17) is 10.7 Å². The molecular formula is C29H34FN7O. The summed E-state index contributed by atoms with van der Waals surface area (Å²) in [4.78, 5) is 22.1. The summed E-state index contributed by atoms with van der Waals surface area (Å²) < 4.78 is 15.4. The average Bonchev–Trinajstić information content (AvgIpc) is 3.23. The van der Waals surface area contributed by atoms with Crippen molar-refractivity contribution in [2.24, 2.45) is 12.8 Å². The molecule has 2 heterocycles. The van der Waals surface area contributed by atoms with Gasteiger partial charge in [0.05, 0.1) is 17.6 Å². The van der Waals surface area contributed by atoms with Crippen LogP contribution in [0.1, 0.15) is 49.3 Å². The lowest BCUT2D eigenvalue weighted by molar-refractivity contribution is -0.115. The van der Waals surface area contributed by atoms with Crippen molar-refractivity contribution in [1.82, 2.24) is 19.7 Å². The second-order valence-corrected chi connectivity index (χ2v) is 10.3. The summed E-state index contributed by atoms with van der Waals surface area (Å²) in [6.07, 6.45) is 6.85.